The molecule has 9 heteroatoms. The van der Waals surface area contributed by atoms with Crippen molar-refractivity contribution in [3.05, 3.63) is 11.3 Å². The third-order valence-corrected chi connectivity index (χ3v) is 4.17. The van der Waals surface area contributed by atoms with Crippen molar-refractivity contribution in [3.8, 4) is 0 Å². The number of nitrogens with two attached hydrogens (primary N) is 1. The maximum Gasteiger partial charge on any atom is 0.213 e. The predicted molar refractivity (Wildman–Crippen MR) is 79.8 cm³/mol. The number of aromatic nitrogens is 2. The Morgan fingerprint density at radius 2 is 2.16 bits per heavy atom. The highest BCUT2D eigenvalue weighted by molar-refractivity contribution is 7.89. The molecule has 0 spiro atoms. The molecule has 0 aliphatic heterocycles. The first kappa shape index (κ1) is 15.9. The summed E-state index contributed by atoms with van der Waals surface area (Å²) >= 11 is 4.97. The molecule has 19 heavy (non-hydrogen) atoms. The van der Waals surface area contributed by atoms with Gasteiger partial charge in [0.25, 0.3) is 0 Å². The van der Waals surface area contributed by atoms with Gasteiger partial charge in [0.05, 0.1) is 17.0 Å². The quantitative estimate of drug-likeness (QED) is 0.599. The van der Waals surface area contributed by atoms with Gasteiger partial charge in [-0.15, -0.1) is 0 Å². The lowest BCUT2D eigenvalue weighted by molar-refractivity contribution is 0.584. The first-order valence-electron chi connectivity index (χ1n) is 5.83. The van der Waals surface area contributed by atoms with Crippen LogP contribution in [0.15, 0.2) is 0 Å². The van der Waals surface area contributed by atoms with Gasteiger partial charge in [0.15, 0.2) is 0 Å². The molecule has 108 valence electrons. The molecule has 0 aliphatic carbocycles. The Balaban J connectivity index is 2.76. The standard InChI is InChI=1S/C10H19N5O2S2/c1-4-13-19(16,17)6-5-12-10-8(9(11)18)7(2)14-15(10)3/h12-13H,4-6H2,1-3H3,(H2,11,18). The van der Waals surface area contributed by atoms with E-state index in [2.05, 4.69) is 15.1 Å². The van der Waals surface area contributed by atoms with Crippen molar-refractivity contribution >= 4 is 33.0 Å². The minimum Gasteiger partial charge on any atom is -0.389 e. The fourth-order valence-corrected chi connectivity index (χ4v) is 2.95. The largest absolute Gasteiger partial charge is 0.389 e. The molecule has 0 saturated carbocycles. The van der Waals surface area contributed by atoms with Crippen LogP contribution >= 0.6 is 12.2 Å². The zero-order valence-corrected chi connectivity index (χ0v) is 12.9. The van der Waals surface area contributed by atoms with Crippen LogP contribution in [0, 0.1) is 6.92 Å². The summed E-state index contributed by atoms with van der Waals surface area (Å²) in [6, 6.07) is 0. The monoisotopic (exact) mass is 305 g/mol. The predicted octanol–water partition coefficient (Wildman–Crippen LogP) is -0.286. The number of sulfonamides is 1. The highest BCUT2D eigenvalue weighted by atomic mass is 32.2. The Bertz CT molecular complexity index is 565. The molecule has 0 unspecified atom stereocenters. The lowest BCUT2D eigenvalue weighted by Crippen LogP contribution is -2.29. The van der Waals surface area contributed by atoms with Gasteiger partial charge in [-0.25, -0.2) is 13.1 Å². The number of anilines is 1. The van der Waals surface area contributed by atoms with Gasteiger partial charge in [-0.05, 0) is 6.92 Å². The minimum atomic E-state index is -3.25. The van der Waals surface area contributed by atoms with Crippen LogP contribution in [-0.2, 0) is 17.1 Å². The van der Waals surface area contributed by atoms with E-state index in [1.54, 1.807) is 25.6 Å². The fourth-order valence-electron chi connectivity index (χ4n) is 1.75. The van der Waals surface area contributed by atoms with Crippen LogP contribution in [0.3, 0.4) is 0 Å². The van der Waals surface area contributed by atoms with Crippen molar-refractivity contribution in [1.82, 2.24) is 14.5 Å². The molecule has 0 radical (unpaired) electrons. The Hall–Kier alpha value is -1.19. The van der Waals surface area contributed by atoms with Gasteiger partial charge in [-0.3, -0.25) is 4.68 Å². The van der Waals surface area contributed by atoms with Gasteiger partial charge in [0.1, 0.15) is 10.8 Å². The van der Waals surface area contributed by atoms with Gasteiger partial charge in [0.2, 0.25) is 10.0 Å². The van der Waals surface area contributed by atoms with Gasteiger partial charge in [-0.1, -0.05) is 19.1 Å². The van der Waals surface area contributed by atoms with E-state index in [0.717, 1.165) is 0 Å². The fraction of sp³-hybridized carbons (Fsp3) is 0.600. The maximum absolute atomic E-state index is 11.5. The van der Waals surface area contributed by atoms with Gasteiger partial charge in [-0.2, -0.15) is 5.10 Å². The number of hydrogen-bond acceptors (Lipinski definition) is 5. The molecule has 1 aromatic rings. The molecule has 0 bridgehead atoms. The van der Waals surface area contributed by atoms with E-state index in [1.807, 2.05) is 0 Å². The summed E-state index contributed by atoms with van der Waals surface area (Å²) in [6.45, 7) is 4.17. The molecule has 0 aliphatic rings. The number of aryl methyl sites for hydroxylation is 2. The van der Waals surface area contributed by atoms with E-state index in [0.29, 0.717) is 23.6 Å². The molecule has 0 saturated heterocycles. The topological polar surface area (TPSA) is 102 Å². The smallest absolute Gasteiger partial charge is 0.213 e. The van der Waals surface area contributed by atoms with Gasteiger partial charge >= 0.3 is 0 Å². The lowest BCUT2D eigenvalue weighted by atomic mass is 10.2. The number of nitrogens with zero attached hydrogens (tertiary/aromatic N) is 2. The van der Waals surface area contributed by atoms with E-state index >= 15 is 0 Å². The molecule has 7 nitrogen and oxygen atoms in total. The van der Waals surface area contributed by atoms with Crippen molar-refractivity contribution in [1.29, 1.82) is 0 Å². The van der Waals surface area contributed by atoms with Crippen LogP contribution in [0.2, 0.25) is 0 Å². The van der Waals surface area contributed by atoms with Crippen molar-refractivity contribution in [2.75, 3.05) is 24.2 Å². The highest BCUT2D eigenvalue weighted by Crippen LogP contribution is 2.18. The summed E-state index contributed by atoms with van der Waals surface area (Å²) in [5.41, 5.74) is 7.01. The van der Waals surface area contributed by atoms with Gasteiger partial charge in [0, 0.05) is 20.1 Å². The van der Waals surface area contributed by atoms with Crippen LogP contribution in [0.1, 0.15) is 18.2 Å². The summed E-state index contributed by atoms with van der Waals surface area (Å²) in [4.78, 5) is 0.239. The summed E-state index contributed by atoms with van der Waals surface area (Å²) in [7, 11) is -1.50. The highest BCUT2D eigenvalue weighted by Gasteiger charge is 2.16. The van der Waals surface area contributed by atoms with Crippen LogP contribution in [-0.4, -0.2) is 42.0 Å². The van der Waals surface area contributed by atoms with Gasteiger partial charge < -0.3 is 11.1 Å². The molecule has 1 rings (SSSR count). The average Bonchev–Trinajstić information content (AvgIpc) is 2.53. The summed E-state index contributed by atoms with van der Waals surface area (Å²) in [6.07, 6.45) is 0. The minimum absolute atomic E-state index is 0.0260. The Morgan fingerprint density at radius 3 is 2.68 bits per heavy atom. The second-order valence-electron chi connectivity index (χ2n) is 4.04. The summed E-state index contributed by atoms with van der Waals surface area (Å²) in [5.74, 6) is 0.610. The van der Waals surface area contributed by atoms with Crippen molar-refractivity contribution in [2.45, 2.75) is 13.8 Å². The maximum atomic E-state index is 11.5. The Kier molecular flexibility index (Phi) is 5.27. The van der Waals surface area contributed by atoms with E-state index in [-0.39, 0.29) is 17.3 Å². The van der Waals surface area contributed by atoms with Crippen LogP contribution in [0.5, 0.6) is 0 Å². The summed E-state index contributed by atoms with van der Waals surface area (Å²) < 4.78 is 27.0. The third kappa shape index (κ3) is 4.15. The molecule has 1 aromatic heterocycles. The third-order valence-electron chi connectivity index (χ3n) is 2.50. The van der Waals surface area contributed by atoms with E-state index in [1.165, 1.54) is 0 Å². The molecule has 0 aromatic carbocycles. The molecule has 1 heterocycles. The number of rotatable bonds is 7. The zero-order valence-electron chi connectivity index (χ0n) is 11.2. The first-order valence-corrected chi connectivity index (χ1v) is 7.89. The molecular weight excluding hydrogens is 286 g/mol. The lowest BCUT2D eigenvalue weighted by Gasteiger charge is -2.09. The summed E-state index contributed by atoms with van der Waals surface area (Å²) in [5, 5.41) is 7.22. The second kappa shape index (κ2) is 6.31. The number of hydrogen-bond donors (Lipinski definition) is 3. The average molecular weight is 305 g/mol. The van der Waals surface area contributed by atoms with Crippen LogP contribution in [0.25, 0.3) is 0 Å². The van der Waals surface area contributed by atoms with Crippen molar-refractivity contribution < 1.29 is 8.42 Å². The zero-order chi connectivity index (χ0) is 14.6. The van der Waals surface area contributed by atoms with E-state index in [4.69, 9.17) is 18.0 Å². The molecular formula is C10H19N5O2S2. The molecule has 0 fully saturated rings. The van der Waals surface area contributed by atoms with E-state index in [9.17, 15) is 8.42 Å². The molecule has 4 N–H and O–H groups in total. The SMILES string of the molecule is CCNS(=O)(=O)CCNc1c(C(N)=S)c(C)nn1C. The van der Waals surface area contributed by atoms with E-state index < -0.39 is 10.0 Å². The number of nitrogens with one attached hydrogen (secondary N) is 2. The van der Waals surface area contributed by atoms with Crippen molar-refractivity contribution in [2.24, 2.45) is 12.8 Å². The van der Waals surface area contributed by atoms with Crippen LogP contribution < -0.4 is 15.8 Å². The molecule has 0 amide bonds. The number of thiocarbonyl (C=S) groups is 1. The first-order chi connectivity index (χ1) is 8.78. The normalized spacial score (nSPS) is 11.5. The van der Waals surface area contributed by atoms with Crippen LogP contribution in [0.4, 0.5) is 5.82 Å². The molecule has 0 atom stereocenters. The van der Waals surface area contributed by atoms with Crippen molar-refractivity contribution in [3.63, 3.8) is 0 Å². The Labute approximate surface area is 118 Å². The second-order valence-corrected chi connectivity index (χ2v) is 6.41. The Morgan fingerprint density at radius 1 is 1.53 bits per heavy atom.